The van der Waals surface area contributed by atoms with Crippen LogP contribution in [-0.2, 0) is 12.2 Å². The lowest BCUT2D eigenvalue weighted by Gasteiger charge is -2.04. The van der Waals surface area contributed by atoms with E-state index in [1.165, 1.54) is 11.8 Å². The van der Waals surface area contributed by atoms with Gasteiger partial charge in [0.1, 0.15) is 0 Å². The standard InChI is InChI=1S/C9H10N4S.ClH/c10-3-1-7-5-13-4-2-8(7)6-14-9(11)12;/h2,4-5H,1,6H2,(H3,11,12);1H. The lowest BCUT2D eigenvalue weighted by molar-refractivity contribution is 1.14. The Morgan fingerprint density at radius 1 is 1.60 bits per heavy atom. The van der Waals surface area contributed by atoms with E-state index in [-0.39, 0.29) is 17.6 Å². The first-order valence-electron chi connectivity index (χ1n) is 3.99. The third-order valence-electron chi connectivity index (χ3n) is 1.66. The van der Waals surface area contributed by atoms with Gasteiger partial charge >= 0.3 is 0 Å². The number of pyridine rings is 1. The van der Waals surface area contributed by atoms with E-state index in [4.69, 9.17) is 16.4 Å². The highest BCUT2D eigenvalue weighted by Crippen LogP contribution is 2.15. The Kier molecular flexibility index (Phi) is 6.50. The van der Waals surface area contributed by atoms with Crippen LogP contribution >= 0.6 is 24.2 Å². The van der Waals surface area contributed by atoms with E-state index in [2.05, 4.69) is 11.1 Å². The van der Waals surface area contributed by atoms with Crippen molar-refractivity contribution in [3.63, 3.8) is 0 Å². The highest BCUT2D eigenvalue weighted by Gasteiger charge is 2.02. The average molecular weight is 243 g/mol. The van der Waals surface area contributed by atoms with Crippen molar-refractivity contribution < 1.29 is 0 Å². The summed E-state index contributed by atoms with van der Waals surface area (Å²) in [5, 5.41) is 15.7. The van der Waals surface area contributed by atoms with E-state index in [0.717, 1.165) is 11.1 Å². The molecule has 1 aromatic rings. The Morgan fingerprint density at radius 3 is 2.93 bits per heavy atom. The quantitative estimate of drug-likeness (QED) is 0.624. The summed E-state index contributed by atoms with van der Waals surface area (Å²) in [6.07, 6.45) is 3.71. The number of aromatic nitrogens is 1. The van der Waals surface area contributed by atoms with Crippen LogP contribution in [0.3, 0.4) is 0 Å². The first-order valence-corrected chi connectivity index (χ1v) is 4.98. The van der Waals surface area contributed by atoms with Gasteiger partial charge in [0.05, 0.1) is 12.5 Å². The summed E-state index contributed by atoms with van der Waals surface area (Å²) in [5.41, 5.74) is 7.15. The second kappa shape index (κ2) is 7.10. The molecule has 0 spiro atoms. The number of nitrogens with one attached hydrogen (secondary N) is 1. The summed E-state index contributed by atoms with van der Waals surface area (Å²) < 4.78 is 0. The van der Waals surface area contributed by atoms with E-state index in [1.54, 1.807) is 12.4 Å². The summed E-state index contributed by atoms with van der Waals surface area (Å²) in [5.74, 6) is 0.620. The van der Waals surface area contributed by atoms with Gasteiger partial charge in [-0.15, -0.1) is 12.4 Å². The molecule has 0 unspecified atom stereocenters. The Labute approximate surface area is 98.8 Å². The van der Waals surface area contributed by atoms with Crippen LogP contribution in [0.4, 0.5) is 0 Å². The molecular formula is C9H11ClN4S. The predicted octanol–water partition coefficient (Wildman–Crippen LogP) is 1.70. The van der Waals surface area contributed by atoms with Gasteiger partial charge in [0.2, 0.25) is 0 Å². The van der Waals surface area contributed by atoms with Crippen molar-refractivity contribution in [1.29, 1.82) is 10.7 Å². The van der Waals surface area contributed by atoms with E-state index in [0.29, 0.717) is 12.2 Å². The molecule has 3 N–H and O–H groups in total. The maximum Gasteiger partial charge on any atom is 0.151 e. The lowest BCUT2D eigenvalue weighted by atomic mass is 10.1. The number of halogens is 1. The van der Waals surface area contributed by atoms with Gasteiger partial charge < -0.3 is 5.73 Å². The normalized spacial score (nSPS) is 8.73. The summed E-state index contributed by atoms with van der Waals surface area (Å²) in [7, 11) is 0. The molecule has 0 aliphatic carbocycles. The van der Waals surface area contributed by atoms with Gasteiger partial charge in [-0.2, -0.15) is 5.26 Å². The van der Waals surface area contributed by atoms with Crippen LogP contribution in [0.1, 0.15) is 11.1 Å². The van der Waals surface area contributed by atoms with Crippen LogP contribution in [0.15, 0.2) is 18.5 Å². The monoisotopic (exact) mass is 242 g/mol. The molecule has 0 amide bonds. The van der Waals surface area contributed by atoms with Crippen LogP contribution in [0.2, 0.25) is 0 Å². The van der Waals surface area contributed by atoms with Crippen LogP contribution in [0.25, 0.3) is 0 Å². The van der Waals surface area contributed by atoms with Gasteiger partial charge in [0.25, 0.3) is 0 Å². The summed E-state index contributed by atoms with van der Waals surface area (Å²) in [6.45, 7) is 0. The molecule has 4 nitrogen and oxygen atoms in total. The first-order chi connectivity index (χ1) is 6.74. The van der Waals surface area contributed by atoms with Crippen molar-refractivity contribution in [2.24, 2.45) is 5.73 Å². The third-order valence-corrected chi connectivity index (χ3v) is 2.42. The molecule has 6 heteroatoms. The average Bonchev–Trinajstić information content (AvgIpc) is 2.17. The number of amidine groups is 1. The number of hydrogen-bond acceptors (Lipinski definition) is 4. The largest absolute Gasteiger partial charge is 0.379 e. The van der Waals surface area contributed by atoms with Crippen LogP contribution in [-0.4, -0.2) is 10.2 Å². The van der Waals surface area contributed by atoms with Crippen LogP contribution in [0, 0.1) is 16.7 Å². The Balaban J connectivity index is 0.00000196. The topological polar surface area (TPSA) is 86.5 Å². The zero-order chi connectivity index (χ0) is 10.4. The summed E-state index contributed by atoms with van der Waals surface area (Å²) in [6, 6.07) is 3.93. The Morgan fingerprint density at radius 2 is 2.33 bits per heavy atom. The zero-order valence-corrected chi connectivity index (χ0v) is 9.57. The van der Waals surface area contributed by atoms with Crippen molar-refractivity contribution in [2.75, 3.05) is 0 Å². The Hall–Kier alpha value is -1.25. The zero-order valence-electron chi connectivity index (χ0n) is 7.93. The van der Waals surface area contributed by atoms with Gasteiger partial charge in [0.15, 0.2) is 5.17 Å². The number of hydrogen-bond donors (Lipinski definition) is 2. The fourth-order valence-electron chi connectivity index (χ4n) is 0.997. The summed E-state index contributed by atoms with van der Waals surface area (Å²) >= 11 is 1.25. The molecular weight excluding hydrogens is 232 g/mol. The van der Waals surface area contributed by atoms with Crippen molar-refractivity contribution in [3.05, 3.63) is 29.6 Å². The molecule has 0 atom stereocenters. The van der Waals surface area contributed by atoms with Gasteiger partial charge in [-0.1, -0.05) is 11.8 Å². The minimum atomic E-state index is 0. The van der Waals surface area contributed by atoms with Gasteiger partial charge in [-0.3, -0.25) is 10.4 Å². The van der Waals surface area contributed by atoms with Crippen molar-refractivity contribution in [1.82, 2.24) is 4.98 Å². The van der Waals surface area contributed by atoms with Gasteiger partial charge in [0, 0.05) is 18.1 Å². The van der Waals surface area contributed by atoms with Crippen LogP contribution < -0.4 is 5.73 Å². The van der Waals surface area contributed by atoms with E-state index < -0.39 is 0 Å². The fraction of sp³-hybridized carbons (Fsp3) is 0.222. The molecule has 15 heavy (non-hydrogen) atoms. The second-order valence-corrected chi connectivity index (χ2v) is 3.65. The molecule has 0 saturated heterocycles. The lowest BCUT2D eigenvalue weighted by Crippen LogP contribution is -2.04. The molecule has 0 aromatic carbocycles. The minimum absolute atomic E-state index is 0. The van der Waals surface area contributed by atoms with E-state index in [9.17, 15) is 0 Å². The SMILES string of the molecule is Cl.N#CCc1cnccc1CSC(=N)N. The maximum absolute atomic E-state index is 8.57. The molecule has 1 rings (SSSR count). The van der Waals surface area contributed by atoms with Crippen molar-refractivity contribution in [2.45, 2.75) is 12.2 Å². The number of nitriles is 1. The van der Waals surface area contributed by atoms with E-state index >= 15 is 0 Å². The number of thioether (sulfide) groups is 1. The molecule has 0 bridgehead atoms. The van der Waals surface area contributed by atoms with Gasteiger partial charge in [-0.25, -0.2) is 0 Å². The number of nitrogens with two attached hydrogens (primary N) is 1. The predicted molar refractivity (Wildman–Crippen MR) is 64.0 cm³/mol. The Bertz CT molecular complexity index is 375. The fourth-order valence-corrected chi connectivity index (χ4v) is 1.59. The number of rotatable bonds is 3. The number of nitrogens with zero attached hydrogens (tertiary/aromatic N) is 2. The van der Waals surface area contributed by atoms with Crippen molar-refractivity contribution in [3.8, 4) is 6.07 Å². The molecule has 1 heterocycles. The first kappa shape index (κ1) is 13.8. The molecule has 0 aliphatic heterocycles. The van der Waals surface area contributed by atoms with Gasteiger partial charge in [-0.05, 0) is 17.2 Å². The molecule has 0 fully saturated rings. The second-order valence-electron chi connectivity index (χ2n) is 2.63. The highest BCUT2D eigenvalue weighted by atomic mass is 35.5. The third kappa shape index (κ3) is 4.68. The minimum Gasteiger partial charge on any atom is -0.379 e. The summed E-state index contributed by atoms with van der Waals surface area (Å²) in [4.78, 5) is 3.95. The molecule has 0 aliphatic rings. The smallest absolute Gasteiger partial charge is 0.151 e. The molecule has 0 radical (unpaired) electrons. The van der Waals surface area contributed by atoms with E-state index in [1.807, 2.05) is 6.07 Å². The highest BCUT2D eigenvalue weighted by molar-refractivity contribution is 8.13. The van der Waals surface area contributed by atoms with Crippen molar-refractivity contribution >= 4 is 29.3 Å². The molecule has 1 aromatic heterocycles. The molecule has 80 valence electrons. The molecule has 0 saturated carbocycles. The maximum atomic E-state index is 8.57. The van der Waals surface area contributed by atoms with Crippen LogP contribution in [0.5, 0.6) is 0 Å².